The Morgan fingerprint density at radius 3 is 2.72 bits per heavy atom. The molecule has 2 heterocycles. The topological polar surface area (TPSA) is 97.0 Å². The minimum atomic E-state index is -0.531. The fourth-order valence-electron chi connectivity index (χ4n) is 2.48. The van der Waals surface area contributed by atoms with Gasteiger partial charge in [0.15, 0.2) is 0 Å². The highest BCUT2D eigenvalue weighted by Gasteiger charge is 2.22. The molecule has 25 heavy (non-hydrogen) atoms. The van der Waals surface area contributed by atoms with Crippen LogP contribution in [0.1, 0.15) is 28.5 Å². The summed E-state index contributed by atoms with van der Waals surface area (Å²) in [4.78, 5) is 35.5. The van der Waals surface area contributed by atoms with Crippen molar-refractivity contribution in [1.82, 2.24) is 20.3 Å². The molecule has 2 N–H and O–H groups in total. The third-order valence-corrected chi connectivity index (χ3v) is 4.27. The number of fused-ring (bicyclic) bond motifs is 1. The largest absolute Gasteiger partial charge is 0.469 e. The molecule has 128 valence electrons. The third kappa shape index (κ3) is 3.85. The summed E-state index contributed by atoms with van der Waals surface area (Å²) in [5.41, 5.74) is 1.62. The van der Waals surface area contributed by atoms with Crippen LogP contribution >= 0.6 is 15.9 Å². The van der Waals surface area contributed by atoms with Crippen molar-refractivity contribution in [2.45, 2.75) is 12.5 Å². The summed E-state index contributed by atoms with van der Waals surface area (Å²) in [6, 6.07) is 8.58. The van der Waals surface area contributed by atoms with Gasteiger partial charge in [-0.15, -0.1) is 0 Å². The zero-order valence-electron chi connectivity index (χ0n) is 13.3. The maximum atomic E-state index is 12.7. The van der Waals surface area contributed by atoms with Gasteiger partial charge in [0.2, 0.25) is 0 Å². The van der Waals surface area contributed by atoms with Crippen LogP contribution < -0.4 is 5.32 Å². The molecule has 1 atom stereocenters. The summed E-state index contributed by atoms with van der Waals surface area (Å²) < 4.78 is 5.65. The van der Waals surface area contributed by atoms with Crippen molar-refractivity contribution in [2.75, 3.05) is 7.11 Å². The molecule has 3 aromatic rings. The SMILES string of the molecule is COC(=O)C[C@@H](NC(=O)c1ncnc2[nH]ccc12)c1ccc(Br)cc1. The van der Waals surface area contributed by atoms with Gasteiger partial charge in [0, 0.05) is 10.7 Å². The van der Waals surface area contributed by atoms with Gasteiger partial charge in [-0.05, 0) is 23.8 Å². The number of hydrogen-bond acceptors (Lipinski definition) is 5. The van der Waals surface area contributed by atoms with Crippen molar-refractivity contribution in [1.29, 1.82) is 0 Å². The fourth-order valence-corrected chi connectivity index (χ4v) is 2.74. The Bertz CT molecular complexity index is 908. The number of H-pyrrole nitrogens is 1. The quantitative estimate of drug-likeness (QED) is 0.639. The monoisotopic (exact) mass is 402 g/mol. The molecule has 0 radical (unpaired) electrons. The minimum absolute atomic E-state index is 0.0191. The Morgan fingerprint density at radius 1 is 1.24 bits per heavy atom. The molecule has 2 aromatic heterocycles. The van der Waals surface area contributed by atoms with Crippen molar-refractivity contribution in [3.63, 3.8) is 0 Å². The second-order valence-electron chi connectivity index (χ2n) is 5.32. The molecule has 7 nitrogen and oxygen atoms in total. The highest BCUT2D eigenvalue weighted by Crippen LogP contribution is 2.21. The number of esters is 1. The smallest absolute Gasteiger partial charge is 0.307 e. The minimum Gasteiger partial charge on any atom is -0.469 e. The lowest BCUT2D eigenvalue weighted by atomic mass is 10.0. The van der Waals surface area contributed by atoms with E-state index in [1.54, 1.807) is 12.3 Å². The molecule has 0 aliphatic carbocycles. The van der Waals surface area contributed by atoms with Gasteiger partial charge in [-0.1, -0.05) is 28.1 Å². The van der Waals surface area contributed by atoms with Gasteiger partial charge >= 0.3 is 5.97 Å². The summed E-state index contributed by atoms with van der Waals surface area (Å²) >= 11 is 3.37. The Labute approximate surface area is 151 Å². The second-order valence-corrected chi connectivity index (χ2v) is 6.24. The average molecular weight is 403 g/mol. The van der Waals surface area contributed by atoms with Crippen LogP contribution in [0.25, 0.3) is 11.0 Å². The summed E-state index contributed by atoms with van der Waals surface area (Å²) in [5, 5.41) is 3.48. The molecule has 8 heteroatoms. The zero-order valence-corrected chi connectivity index (χ0v) is 14.9. The van der Waals surface area contributed by atoms with Crippen LogP contribution in [0.3, 0.4) is 0 Å². The first kappa shape index (κ1) is 17.1. The Hall–Kier alpha value is -2.74. The molecule has 0 saturated carbocycles. The van der Waals surface area contributed by atoms with E-state index in [1.165, 1.54) is 13.4 Å². The number of nitrogens with zero attached hydrogens (tertiary/aromatic N) is 2. The molecule has 3 rings (SSSR count). The van der Waals surface area contributed by atoms with Gasteiger partial charge in [-0.2, -0.15) is 0 Å². The standard InChI is InChI=1S/C17H15BrN4O3/c1-25-14(23)8-13(10-2-4-11(18)5-3-10)22-17(24)15-12-6-7-19-16(12)21-9-20-15/h2-7,9,13H,8H2,1H3,(H,22,24)(H,19,20,21)/t13-/m1/s1. The maximum absolute atomic E-state index is 12.7. The molecule has 0 saturated heterocycles. The second kappa shape index (κ2) is 7.43. The highest BCUT2D eigenvalue weighted by molar-refractivity contribution is 9.10. The molecule has 0 unspecified atom stereocenters. The van der Waals surface area contributed by atoms with E-state index in [0.29, 0.717) is 11.0 Å². The van der Waals surface area contributed by atoms with Gasteiger partial charge in [-0.25, -0.2) is 9.97 Å². The highest BCUT2D eigenvalue weighted by atomic mass is 79.9. The van der Waals surface area contributed by atoms with Crippen LogP contribution in [0.4, 0.5) is 0 Å². The first-order chi connectivity index (χ1) is 12.1. The Kier molecular flexibility index (Phi) is 5.08. The Balaban J connectivity index is 1.88. The van der Waals surface area contributed by atoms with E-state index >= 15 is 0 Å². The number of benzene rings is 1. The number of hydrogen-bond donors (Lipinski definition) is 2. The first-order valence-electron chi connectivity index (χ1n) is 7.49. The van der Waals surface area contributed by atoms with Crippen LogP contribution in [0, 0.1) is 0 Å². The van der Waals surface area contributed by atoms with Gasteiger partial charge in [0.05, 0.1) is 25.0 Å². The molecule has 0 aliphatic rings. The van der Waals surface area contributed by atoms with Crippen LogP contribution in [0.2, 0.25) is 0 Å². The predicted molar refractivity (Wildman–Crippen MR) is 94.9 cm³/mol. The zero-order chi connectivity index (χ0) is 17.8. The number of carbonyl (C=O) groups is 2. The number of aromatic amines is 1. The number of amides is 1. The molecular formula is C17H15BrN4O3. The molecular weight excluding hydrogens is 388 g/mol. The lowest BCUT2D eigenvalue weighted by molar-refractivity contribution is -0.141. The van der Waals surface area contributed by atoms with E-state index in [-0.39, 0.29) is 18.0 Å². The third-order valence-electron chi connectivity index (χ3n) is 3.75. The molecule has 0 aliphatic heterocycles. The van der Waals surface area contributed by atoms with E-state index in [2.05, 4.69) is 36.2 Å². The van der Waals surface area contributed by atoms with Crippen LogP contribution in [-0.2, 0) is 9.53 Å². The lowest BCUT2D eigenvalue weighted by Gasteiger charge is -2.18. The maximum Gasteiger partial charge on any atom is 0.307 e. The van der Waals surface area contributed by atoms with Crippen LogP contribution in [-0.4, -0.2) is 33.9 Å². The normalized spacial score (nSPS) is 11.9. The van der Waals surface area contributed by atoms with E-state index in [1.807, 2.05) is 24.3 Å². The number of nitrogens with one attached hydrogen (secondary N) is 2. The molecule has 1 aromatic carbocycles. The number of rotatable bonds is 5. The van der Waals surface area contributed by atoms with Gasteiger partial charge in [0.25, 0.3) is 5.91 Å². The van der Waals surface area contributed by atoms with E-state index < -0.39 is 12.0 Å². The molecule has 1 amide bonds. The number of carbonyl (C=O) groups excluding carboxylic acids is 2. The van der Waals surface area contributed by atoms with Crippen molar-refractivity contribution in [3.05, 3.63) is 58.6 Å². The van der Waals surface area contributed by atoms with Crippen LogP contribution in [0.5, 0.6) is 0 Å². The van der Waals surface area contributed by atoms with Gasteiger partial charge in [-0.3, -0.25) is 9.59 Å². The Morgan fingerprint density at radius 2 is 2.00 bits per heavy atom. The number of aromatic nitrogens is 3. The van der Waals surface area contributed by atoms with Gasteiger partial charge < -0.3 is 15.0 Å². The number of halogens is 1. The van der Waals surface area contributed by atoms with Crippen molar-refractivity contribution in [2.24, 2.45) is 0 Å². The van der Waals surface area contributed by atoms with Crippen molar-refractivity contribution >= 4 is 38.8 Å². The number of ether oxygens (including phenoxy) is 1. The molecule has 0 bridgehead atoms. The summed E-state index contributed by atoms with van der Waals surface area (Å²) in [5.74, 6) is -0.800. The van der Waals surface area contributed by atoms with E-state index in [0.717, 1.165) is 10.0 Å². The van der Waals surface area contributed by atoms with E-state index in [9.17, 15) is 9.59 Å². The van der Waals surface area contributed by atoms with Crippen molar-refractivity contribution in [3.8, 4) is 0 Å². The average Bonchev–Trinajstić information content (AvgIpc) is 3.10. The molecule has 0 fully saturated rings. The predicted octanol–water partition coefficient (Wildman–Crippen LogP) is 2.75. The lowest BCUT2D eigenvalue weighted by Crippen LogP contribution is -2.31. The summed E-state index contributed by atoms with van der Waals surface area (Å²) in [7, 11) is 1.32. The van der Waals surface area contributed by atoms with Gasteiger partial charge in [0.1, 0.15) is 17.7 Å². The number of methoxy groups -OCH3 is 1. The first-order valence-corrected chi connectivity index (χ1v) is 8.29. The molecule has 0 spiro atoms. The summed E-state index contributed by atoms with van der Waals surface area (Å²) in [6.07, 6.45) is 3.03. The fraction of sp³-hybridized carbons (Fsp3) is 0.176. The van der Waals surface area contributed by atoms with E-state index in [4.69, 9.17) is 4.74 Å². The van der Waals surface area contributed by atoms with Crippen LogP contribution in [0.15, 0.2) is 47.3 Å². The summed E-state index contributed by atoms with van der Waals surface area (Å²) in [6.45, 7) is 0. The van der Waals surface area contributed by atoms with Crippen molar-refractivity contribution < 1.29 is 14.3 Å².